The maximum Gasteiger partial charge on any atom is 0.142 e. The monoisotopic (exact) mass is 240 g/mol. The predicted molar refractivity (Wildman–Crippen MR) is 48.0 cm³/mol. The molecule has 1 nitrogen and oxygen atoms in total. The van der Waals surface area contributed by atoms with Crippen molar-refractivity contribution in [3.8, 4) is 0 Å². The first-order valence-corrected chi connectivity index (χ1v) is 4.57. The lowest BCUT2D eigenvalue weighted by molar-refractivity contribution is -0.116. The summed E-state index contributed by atoms with van der Waals surface area (Å²) in [5.41, 5.74) is 0. The van der Waals surface area contributed by atoms with Crippen LogP contribution in [0.25, 0.3) is 0 Å². The summed E-state index contributed by atoms with van der Waals surface area (Å²) in [7, 11) is 0. The first kappa shape index (κ1) is 9.40. The number of Topliss-reactive ketones (excluding diaryl/α,β-unsaturated/α-hetero) is 1. The zero-order valence-electron chi connectivity index (χ0n) is 5.98. The number of ketones is 1. The quantitative estimate of drug-likeness (QED) is 0.545. The summed E-state index contributed by atoms with van der Waals surface area (Å²) in [5.74, 6) is 0.309. The Morgan fingerprint density at radius 3 is 2.56 bits per heavy atom. The molecule has 0 aromatic carbocycles. The van der Waals surface area contributed by atoms with Crippen LogP contribution in [0.3, 0.4) is 0 Å². The smallest absolute Gasteiger partial charge is 0.142 e. The van der Waals surface area contributed by atoms with Crippen molar-refractivity contribution >= 4 is 28.4 Å². The van der Waals surface area contributed by atoms with Crippen molar-refractivity contribution in [3.05, 3.63) is 0 Å². The highest BCUT2D eigenvalue weighted by molar-refractivity contribution is 14.1. The van der Waals surface area contributed by atoms with E-state index in [0.29, 0.717) is 5.78 Å². The lowest BCUT2D eigenvalue weighted by atomic mass is 10.2. The molecule has 2 heteroatoms. The van der Waals surface area contributed by atoms with E-state index in [0.717, 1.165) is 6.42 Å². The van der Waals surface area contributed by atoms with Crippen LogP contribution in [0.5, 0.6) is 0 Å². The van der Waals surface area contributed by atoms with Crippen molar-refractivity contribution in [1.29, 1.82) is 0 Å². The fourth-order valence-electron chi connectivity index (χ4n) is 0.587. The van der Waals surface area contributed by atoms with Crippen molar-refractivity contribution in [3.63, 3.8) is 0 Å². The number of carbonyl (C=O) groups is 1. The number of carbonyl (C=O) groups excluding carboxylic acids is 1. The highest BCUT2D eigenvalue weighted by atomic mass is 127. The van der Waals surface area contributed by atoms with Gasteiger partial charge in [0.1, 0.15) is 5.78 Å². The minimum Gasteiger partial charge on any atom is -0.299 e. The first-order chi connectivity index (χ1) is 4.18. The summed E-state index contributed by atoms with van der Waals surface area (Å²) in [6.45, 7) is 3.80. The van der Waals surface area contributed by atoms with Gasteiger partial charge in [-0.1, -0.05) is 42.4 Å². The summed E-state index contributed by atoms with van der Waals surface area (Å²) >= 11 is 2.21. The lowest BCUT2D eigenvalue weighted by Crippen LogP contribution is -2.08. The molecule has 0 aromatic rings. The van der Waals surface area contributed by atoms with Gasteiger partial charge in [-0.2, -0.15) is 0 Å². The number of hydrogen-bond acceptors (Lipinski definition) is 1. The van der Waals surface area contributed by atoms with Gasteiger partial charge in [-0.15, -0.1) is 0 Å². The standard InChI is InChI=1S/C7H13IO/c1-3-4-5-7(8)6(2)9/h7H,3-5H2,1-2H3. The van der Waals surface area contributed by atoms with Gasteiger partial charge in [0.05, 0.1) is 3.92 Å². The van der Waals surface area contributed by atoms with Gasteiger partial charge in [-0.25, -0.2) is 0 Å². The number of hydrogen-bond donors (Lipinski definition) is 0. The molecule has 9 heavy (non-hydrogen) atoms. The second kappa shape index (κ2) is 5.21. The first-order valence-electron chi connectivity index (χ1n) is 3.33. The summed E-state index contributed by atoms with van der Waals surface area (Å²) in [6, 6.07) is 0. The normalized spacial score (nSPS) is 13.2. The maximum absolute atomic E-state index is 10.6. The van der Waals surface area contributed by atoms with Crippen LogP contribution in [-0.2, 0) is 4.79 Å². The van der Waals surface area contributed by atoms with Crippen LogP contribution < -0.4 is 0 Å². The van der Waals surface area contributed by atoms with E-state index in [9.17, 15) is 4.79 Å². The molecular formula is C7H13IO. The second-order valence-electron chi connectivity index (χ2n) is 2.22. The van der Waals surface area contributed by atoms with Crippen LogP contribution in [0.4, 0.5) is 0 Å². The number of unbranched alkanes of at least 4 members (excludes halogenated alkanes) is 1. The van der Waals surface area contributed by atoms with Gasteiger partial charge in [0.25, 0.3) is 0 Å². The molecule has 0 N–H and O–H groups in total. The third-order valence-corrected chi connectivity index (χ3v) is 2.75. The van der Waals surface area contributed by atoms with Gasteiger partial charge in [-0.05, 0) is 13.3 Å². The highest BCUT2D eigenvalue weighted by Crippen LogP contribution is 2.10. The second-order valence-corrected chi connectivity index (χ2v) is 3.72. The molecule has 0 saturated heterocycles. The molecule has 0 aliphatic heterocycles. The number of halogens is 1. The Hall–Kier alpha value is 0.400. The van der Waals surface area contributed by atoms with E-state index < -0.39 is 0 Å². The van der Waals surface area contributed by atoms with E-state index in [1.165, 1.54) is 12.8 Å². The van der Waals surface area contributed by atoms with Crippen molar-refractivity contribution in [2.45, 2.75) is 37.0 Å². The van der Waals surface area contributed by atoms with Gasteiger partial charge in [0.2, 0.25) is 0 Å². The van der Waals surface area contributed by atoms with E-state index in [2.05, 4.69) is 29.5 Å². The molecule has 0 aliphatic rings. The SMILES string of the molecule is CCCCC(I)C(C)=O. The molecule has 0 rings (SSSR count). The van der Waals surface area contributed by atoms with Crippen LogP contribution in [0.1, 0.15) is 33.1 Å². The van der Waals surface area contributed by atoms with E-state index in [1.807, 2.05) is 0 Å². The molecule has 0 radical (unpaired) electrons. The average Bonchev–Trinajstić information content (AvgIpc) is 1.82. The Labute approximate surface area is 70.4 Å². The molecule has 1 unspecified atom stereocenters. The summed E-state index contributed by atoms with van der Waals surface area (Å²) in [5, 5.41) is 0. The number of alkyl halides is 1. The van der Waals surface area contributed by atoms with Crippen molar-refractivity contribution in [2.75, 3.05) is 0 Å². The zero-order chi connectivity index (χ0) is 7.28. The zero-order valence-corrected chi connectivity index (χ0v) is 8.14. The minimum absolute atomic E-state index is 0.252. The Morgan fingerprint density at radius 1 is 1.67 bits per heavy atom. The molecule has 0 bridgehead atoms. The Balaban J connectivity index is 3.27. The van der Waals surface area contributed by atoms with Gasteiger partial charge >= 0.3 is 0 Å². The van der Waals surface area contributed by atoms with Gasteiger partial charge in [0.15, 0.2) is 0 Å². The fraction of sp³-hybridized carbons (Fsp3) is 0.857. The van der Waals surface area contributed by atoms with Crippen LogP contribution in [0, 0.1) is 0 Å². The number of rotatable bonds is 4. The van der Waals surface area contributed by atoms with Crippen LogP contribution in [-0.4, -0.2) is 9.71 Å². The topological polar surface area (TPSA) is 17.1 Å². The minimum atomic E-state index is 0.252. The van der Waals surface area contributed by atoms with E-state index in [1.54, 1.807) is 6.92 Å². The highest BCUT2D eigenvalue weighted by Gasteiger charge is 2.06. The average molecular weight is 240 g/mol. The summed E-state index contributed by atoms with van der Waals surface area (Å²) < 4.78 is 0.252. The summed E-state index contributed by atoms with van der Waals surface area (Å²) in [4.78, 5) is 10.6. The van der Waals surface area contributed by atoms with Crippen molar-refractivity contribution in [2.24, 2.45) is 0 Å². The third-order valence-electron chi connectivity index (χ3n) is 1.25. The van der Waals surface area contributed by atoms with E-state index in [-0.39, 0.29) is 3.92 Å². The molecule has 0 fully saturated rings. The molecule has 0 amide bonds. The molecule has 1 atom stereocenters. The molecule has 0 heterocycles. The molecular weight excluding hydrogens is 227 g/mol. The fourth-order valence-corrected chi connectivity index (χ4v) is 1.03. The largest absolute Gasteiger partial charge is 0.299 e. The third kappa shape index (κ3) is 4.88. The molecule has 0 spiro atoms. The van der Waals surface area contributed by atoms with Crippen molar-refractivity contribution in [1.82, 2.24) is 0 Å². The van der Waals surface area contributed by atoms with E-state index in [4.69, 9.17) is 0 Å². The van der Waals surface area contributed by atoms with E-state index >= 15 is 0 Å². The lowest BCUT2D eigenvalue weighted by Gasteiger charge is -2.01. The van der Waals surface area contributed by atoms with Crippen molar-refractivity contribution < 1.29 is 4.79 Å². The summed E-state index contributed by atoms with van der Waals surface area (Å²) in [6.07, 6.45) is 3.41. The molecule has 0 aliphatic carbocycles. The van der Waals surface area contributed by atoms with Crippen LogP contribution >= 0.6 is 22.6 Å². The van der Waals surface area contributed by atoms with Gasteiger partial charge < -0.3 is 0 Å². The molecule has 54 valence electrons. The van der Waals surface area contributed by atoms with Crippen LogP contribution in [0.15, 0.2) is 0 Å². The Bertz CT molecular complexity index is 90.9. The van der Waals surface area contributed by atoms with Gasteiger partial charge in [-0.3, -0.25) is 4.79 Å². The molecule has 0 saturated carbocycles. The Kier molecular flexibility index (Phi) is 5.44. The molecule has 0 aromatic heterocycles. The van der Waals surface area contributed by atoms with Gasteiger partial charge in [0, 0.05) is 0 Å². The Morgan fingerprint density at radius 2 is 2.22 bits per heavy atom. The predicted octanol–water partition coefficient (Wildman–Crippen LogP) is 2.57. The maximum atomic E-state index is 10.6. The van der Waals surface area contributed by atoms with Crippen LogP contribution in [0.2, 0.25) is 0 Å².